The Hall–Kier alpha value is -7.55. The number of aromatic nitrogens is 4. The molecule has 15 heteroatoms. The van der Waals surface area contributed by atoms with Gasteiger partial charge in [-0.2, -0.15) is 0 Å². The van der Waals surface area contributed by atoms with Gasteiger partial charge in [-0.25, -0.2) is 14.8 Å². The largest absolute Gasteiger partial charge is 0.453 e. The van der Waals surface area contributed by atoms with Gasteiger partial charge in [-0.15, -0.1) is 0 Å². The van der Waals surface area contributed by atoms with Crippen LogP contribution in [0.25, 0.3) is 22.5 Å². The molecule has 4 aromatic carbocycles. The Bertz CT molecular complexity index is 2630. The van der Waals surface area contributed by atoms with Crippen LogP contribution in [-0.2, 0) is 25.5 Å². The van der Waals surface area contributed by atoms with Crippen molar-refractivity contribution in [2.45, 2.75) is 56.3 Å². The van der Waals surface area contributed by atoms with Gasteiger partial charge in [0, 0.05) is 30.9 Å². The summed E-state index contributed by atoms with van der Waals surface area (Å²) in [5, 5.41) is 5.40. The third-order valence-electron chi connectivity index (χ3n) is 12.3. The van der Waals surface area contributed by atoms with Crippen LogP contribution in [-0.4, -0.2) is 86.7 Å². The van der Waals surface area contributed by atoms with Gasteiger partial charge in [0.1, 0.15) is 23.7 Å². The number of fused-ring (bicyclic) bond motifs is 1. The van der Waals surface area contributed by atoms with Gasteiger partial charge in [0.05, 0.1) is 43.0 Å². The second-order valence-electron chi connectivity index (χ2n) is 16.0. The van der Waals surface area contributed by atoms with E-state index in [9.17, 15) is 24.0 Å². The number of carbonyl (C=O) groups is 5. The van der Waals surface area contributed by atoms with Crippen molar-refractivity contribution in [3.8, 4) is 22.5 Å². The Kier molecular flexibility index (Phi) is 11.5. The summed E-state index contributed by atoms with van der Waals surface area (Å²) in [5.41, 5.74) is 7.12. The maximum absolute atomic E-state index is 13.9. The number of imidazole rings is 2. The number of amides is 5. The molecule has 63 heavy (non-hydrogen) atoms. The van der Waals surface area contributed by atoms with Crippen molar-refractivity contribution in [2.75, 3.05) is 31.6 Å². The highest BCUT2D eigenvalue weighted by Crippen LogP contribution is 2.37. The van der Waals surface area contributed by atoms with Crippen LogP contribution >= 0.6 is 0 Å². The number of carbonyl (C=O) groups excluding carboxylic acids is 5. The molecule has 15 nitrogen and oxygen atoms in total. The summed E-state index contributed by atoms with van der Waals surface area (Å²) in [7, 11) is 1.27. The Labute approximate surface area is 363 Å². The summed E-state index contributed by atoms with van der Waals surface area (Å²) in [6.45, 7) is 1.60. The third kappa shape index (κ3) is 8.16. The molecule has 3 aliphatic rings. The van der Waals surface area contributed by atoms with E-state index in [-0.39, 0.29) is 29.8 Å². The standard InChI is InChI=1S/C48H47N9O6/c1-63-48(62)54-42(32-12-6-3-7-13-32)47(61)57-24-9-15-40(57)43-49-27-37(52-43)30-16-19-35(20-17-30)55-25-22-33-26-34(18-21-36(33)45(55)59)38-28-50-44(53-38)39-14-8-23-56(39)46(60)41(51-29-58)31-10-4-2-5-11-31/h2-7,10-13,16-21,26-29,39-42H,8-9,14-15,22-25H2,1H3,(H,49,52)(H,50,53)(H,51,58)(H,54,62)/t39-,40-,41+,42+/m0/s1. The van der Waals surface area contributed by atoms with Crippen LogP contribution in [0.1, 0.15) is 88.5 Å². The number of ether oxygens (including phenoxy) is 1. The molecule has 0 spiro atoms. The van der Waals surface area contributed by atoms with E-state index in [4.69, 9.17) is 9.72 Å². The van der Waals surface area contributed by atoms with Gasteiger partial charge in [0.25, 0.3) is 11.8 Å². The SMILES string of the molecule is COC(=O)N[C@@H](C(=O)N1CCC[C@H]1c1ncc(-c2ccc(N3CCc4cc(-c5cnc([C@@H]6CCCN6C(=O)[C@H](NC=O)c6ccccc6)[nH]5)ccc4C3=O)cc2)[nH]1)c1ccccc1. The minimum atomic E-state index is -0.904. The van der Waals surface area contributed by atoms with Crippen LogP contribution in [0.4, 0.5) is 10.5 Å². The minimum Gasteiger partial charge on any atom is -0.453 e. The summed E-state index contributed by atoms with van der Waals surface area (Å²) < 4.78 is 4.83. The smallest absolute Gasteiger partial charge is 0.407 e. The zero-order chi connectivity index (χ0) is 43.5. The first-order valence-corrected chi connectivity index (χ1v) is 21.2. The lowest BCUT2D eigenvalue weighted by Gasteiger charge is -2.29. The van der Waals surface area contributed by atoms with E-state index in [2.05, 4.69) is 25.6 Å². The molecule has 4 N–H and O–H groups in total. The van der Waals surface area contributed by atoms with Crippen LogP contribution in [0.3, 0.4) is 0 Å². The first-order valence-electron chi connectivity index (χ1n) is 21.2. The van der Waals surface area contributed by atoms with E-state index in [0.29, 0.717) is 55.2 Å². The summed E-state index contributed by atoms with van der Waals surface area (Å²) in [4.78, 5) is 86.9. The van der Waals surface area contributed by atoms with Crippen molar-refractivity contribution in [2.24, 2.45) is 0 Å². The quantitative estimate of drug-likeness (QED) is 0.0996. The maximum Gasteiger partial charge on any atom is 0.407 e. The third-order valence-corrected chi connectivity index (χ3v) is 12.3. The zero-order valence-electron chi connectivity index (χ0n) is 34.7. The fourth-order valence-electron chi connectivity index (χ4n) is 9.12. The van der Waals surface area contributed by atoms with Gasteiger partial charge in [-0.05, 0) is 84.2 Å². The van der Waals surface area contributed by atoms with Crippen molar-refractivity contribution in [1.29, 1.82) is 0 Å². The lowest BCUT2D eigenvalue weighted by atomic mass is 9.95. The number of nitrogens with zero attached hydrogens (tertiary/aromatic N) is 5. The van der Waals surface area contributed by atoms with E-state index in [0.717, 1.165) is 65.0 Å². The fraction of sp³-hybridized carbons (Fsp3) is 0.271. The maximum atomic E-state index is 13.9. The second-order valence-corrected chi connectivity index (χ2v) is 16.0. The fourth-order valence-corrected chi connectivity index (χ4v) is 9.12. The van der Waals surface area contributed by atoms with Crippen molar-refractivity contribution < 1.29 is 28.7 Å². The predicted molar refractivity (Wildman–Crippen MR) is 234 cm³/mol. The van der Waals surface area contributed by atoms with Crippen LogP contribution in [0.15, 0.2) is 116 Å². The van der Waals surface area contributed by atoms with E-state index in [1.807, 2.05) is 91.0 Å². The molecule has 2 aromatic heterocycles. The number of aromatic amines is 2. The number of anilines is 1. The summed E-state index contributed by atoms with van der Waals surface area (Å²) in [6.07, 6.45) is 7.15. The molecule has 320 valence electrons. The first-order chi connectivity index (χ1) is 30.8. The number of H-pyrrole nitrogens is 2. The average molecular weight is 846 g/mol. The minimum absolute atomic E-state index is 0.0804. The highest BCUT2D eigenvalue weighted by molar-refractivity contribution is 6.08. The molecule has 4 atom stereocenters. The van der Waals surface area contributed by atoms with Gasteiger partial charge >= 0.3 is 6.09 Å². The Balaban J connectivity index is 0.859. The predicted octanol–water partition coefficient (Wildman–Crippen LogP) is 6.58. The Morgan fingerprint density at radius 3 is 1.87 bits per heavy atom. The number of hydrogen-bond donors (Lipinski definition) is 4. The summed E-state index contributed by atoms with van der Waals surface area (Å²) in [6, 6.07) is 29.7. The molecule has 0 unspecified atom stereocenters. The zero-order valence-corrected chi connectivity index (χ0v) is 34.7. The molecule has 5 heterocycles. The molecule has 5 amide bonds. The van der Waals surface area contributed by atoms with Gasteiger partial charge in [-0.3, -0.25) is 19.2 Å². The molecular weight excluding hydrogens is 799 g/mol. The molecule has 0 aliphatic carbocycles. The number of likely N-dealkylation sites (tertiary alicyclic amines) is 2. The number of methoxy groups -OCH3 is 1. The normalized spacial score (nSPS) is 18.1. The van der Waals surface area contributed by atoms with Crippen molar-refractivity contribution in [3.05, 3.63) is 149 Å². The molecule has 6 aromatic rings. The Morgan fingerprint density at radius 1 is 0.730 bits per heavy atom. The summed E-state index contributed by atoms with van der Waals surface area (Å²) >= 11 is 0. The van der Waals surface area contributed by atoms with Crippen molar-refractivity contribution in [3.63, 3.8) is 0 Å². The molecule has 2 saturated heterocycles. The molecule has 3 aliphatic heterocycles. The van der Waals surface area contributed by atoms with E-state index in [1.165, 1.54) is 7.11 Å². The Morgan fingerprint density at radius 2 is 1.29 bits per heavy atom. The van der Waals surface area contributed by atoms with Gasteiger partial charge in [0.2, 0.25) is 12.3 Å². The molecule has 0 saturated carbocycles. The van der Waals surface area contributed by atoms with E-state index >= 15 is 0 Å². The van der Waals surface area contributed by atoms with Gasteiger partial charge in [-0.1, -0.05) is 78.9 Å². The monoisotopic (exact) mass is 845 g/mol. The number of benzene rings is 4. The topological polar surface area (TPSA) is 186 Å². The van der Waals surface area contributed by atoms with E-state index < -0.39 is 18.2 Å². The summed E-state index contributed by atoms with van der Waals surface area (Å²) in [5.74, 6) is 0.849. The lowest BCUT2D eigenvalue weighted by molar-refractivity contribution is -0.136. The van der Waals surface area contributed by atoms with Crippen LogP contribution < -0.4 is 15.5 Å². The molecule has 2 fully saturated rings. The van der Waals surface area contributed by atoms with Crippen molar-refractivity contribution >= 4 is 35.9 Å². The lowest BCUT2D eigenvalue weighted by Crippen LogP contribution is -2.42. The first kappa shape index (κ1) is 40.8. The van der Waals surface area contributed by atoms with Crippen molar-refractivity contribution in [1.82, 2.24) is 40.4 Å². The van der Waals surface area contributed by atoms with Crippen LogP contribution in [0, 0.1) is 0 Å². The molecule has 9 rings (SSSR count). The number of hydrogen-bond acceptors (Lipinski definition) is 8. The highest BCUT2D eigenvalue weighted by atomic mass is 16.5. The van der Waals surface area contributed by atoms with Gasteiger partial charge < -0.3 is 40.0 Å². The molecule has 0 radical (unpaired) electrons. The second kappa shape index (κ2) is 17.8. The van der Waals surface area contributed by atoms with Crippen LogP contribution in [0.2, 0.25) is 0 Å². The van der Waals surface area contributed by atoms with Gasteiger partial charge in [0.15, 0.2) is 0 Å². The molecule has 0 bridgehead atoms. The van der Waals surface area contributed by atoms with Crippen LogP contribution in [0.5, 0.6) is 0 Å². The highest BCUT2D eigenvalue weighted by Gasteiger charge is 2.38. The van der Waals surface area contributed by atoms with E-state index in [1.54, 1.807) is 39.2 Å². The average Bonchev–Trinajstić information content (AvgIpc) is 4.18. The number of nitrogens with one attached hydrogen (secondary N) is 4. The molecular formula is C48H47N9O6. The number of alkyl carbamates (subject to hydrolysis) is 1. The number of rotatable bonds is 12.